The first kappa shape index (κ1) is 28.0. The standard InChI is InChI=1S/C13H10O.C3H7NO2.2C3H4O2/c14-13(11-7-3-1-4-8-11)12-9-5-2-6-10-12;1-2-6-3(4)5;2*1-2-3(4)5/h1-10H;2H2,1H3,(H2,4,5);2*2H,1H2,(H,4,5). The van der Waals surface area contributed by atoms with Crippen molar-refractivity contribution in [1.29, 1.82) is 0 Å². The number of primary amides is 1. The summed E-state index contributed by atoms with van der Waals surface area (Å²) in [5.74, 6) is -1.89. The van der Waals surface area contributed by atoms with Crippen LogP contribution in [0.4, 0.5) is 4.79 Å². The van der Waals surface area contributed by atoms with Crippen LogP contribution in [0.3, 0.4) is 0 Å². The van der Waals surface area contributed by atoms with E-state index >= 15 is 0 Å². The normalized spacial score (nSPS) is 8.17. The fraction of sp³-hybridized carbons (Fsp3) is 0.0909. The highest BCUT2D eigenvalue weighted by Crippen LogP contribution is 2.08. The summed E-state index contributed by atoms with van der Waals surface area (Å²) < 4.78 is 4.18. The maximum atomic E-state index is 11.8. The van der Waals surface area contributed by atoms with Crippen LogP contribution in [0.5, 0.6) is 0 Å². The molecule has 0 aliphatic rings. The molecule has 0 radical (unpaired) electrons. The van der Waals surface area contributed by atoms with Gasteiger partial charge in [-0.3, -0.25) is 4.79 Å². The minimum absolute atomic E-state index is 0.0752. The Hall–Kier alpha value is -4.20. The van der Waals surface area contributed by atoms with Crippen LogP contribution in [0.15, 0.2) is 86.0 Å². The lowest BCUT2D eigenvalue weighted by atomic mass is 10.0. The van der Waals surface area contributed by atoms with Crippen molar-refractivity contribution in [2.75, 3.05) is 6.61 Å². The smallest absolute Gasteiger partial charge is 0.404 e. The SMILES string of the molecule is C=CC(=O)O.C=CC(=O)O.CCOC(N)=O.O=C(c1ccccc1)c1ccccc1. The van der Waals surface area contributed by atoms with Gasteiger partial charge in [0, 0.05) is 23.3 Å². The van der Waals surface area contributed by atoms with Gasteiger partial charge in [0.05, 0.1) is 6.61 Å². The third-order valence-electron chi connectivity index (χ3n) is 2.71. The molecule has 2 aromatic rings. The van der Waals surface area contributed by atoms with Crippen LogP contribution in [0.25, 0.3) is 0 Å². The Morgan fingerprint density at radius 2 is 1.13 bits per heavy atom. The topological polar surface area (TPSA) is 144 Å². The van der Waals surface area contributed by atoms with Gasteiger partial charge in [-0.2, -0.15) is 0 Å². The maximum absolute atomic E-state index is 11.8. The van der Waals surface area contributed by atoms with Crippen molar-refractivity contribution >= 4 is 23.8 Å². The molecule has 8 heteroatoms. The molecule has 30 heavy (non-hydrogen) atoms. The molecule has 0 bridgehead atoms. The highest BCUT2D eigenvalue weighted by Gasteiger charge is 2.06. The number of carbonyl (C=O) groups excluding carboxylic acids is 2. The summed E-state index contributed by atoms with van der Waals surface area (Å²) in [7, 11) is 0. The molecule has 2 aromatic carbocycles. The molecule has 0 unspecified atom stereocenters. The second-order valence-electron chi connectivity index (χ2n) is 4.90. The average Bonchev–Trinajstić information content (AvgIpc) is 2.75. The van der Waals surface area contributed by atoms with Crippen molar-refractivity contribution in [1.82, 2.24) is 0 Å². The summed E-state index contributed by atoms with van der Waals surface area (Å²) in [5.41, 5.74) is 6.01. The van der Waals surface area contributed by atoms with Gasteiger partial charge < -0.3 is 20.7 Å². The molecule has 0 fully saturated rings. The van der Waals surface area contributed by atoms with Gasteiger partial charge in [0.2, 0.25) is 0 Å². The van der Waals surface area contributed by atoms with E-state index in [1.165, 1.54) is 0 Å². The number of ketones is 1. The Labute approximate surface area is 174 Å². The summed E-state index contributed by atoms with van der Waals surface area (Å²) in [5, 5.41) is 15.2. The Morgan fingerprint density at radius 1 is 0.833 bits per heavy atom. The van der Waals surface area contributed by atoms with Gasteiger partial charge in [-0.15, -0.1) is 0 Å². The molecular weight excluding hydrogens is 390 g/mol. The van der Waals surface area contributed by atoms with Gasteiger partial charge in [0.15, 0.2) is 5.78 Å². The zero-order valence-corrected chi connectivity index (χ0v) is 16.6. The molecule has 0 heterocycles. The average molecular weight is 415 g/mol. The molecule has 4 N–H and O–H groups in total. The van der Waals surface area contributed by atoms with E-state index in [0.29, 0.717) is 6.61 Å². The monoisotopic (exact) mass is 415 g/mol. The van der Waals surface area contributed by atoms with Crippen LogP contribution in [-0.2, 0) is 14.3 Å². The molecule has 0 saturated carbocycles. The van der Waals surface area contributed by atoms with Gasteiger partial charge in [-0.1, -0.05) is 73.8 Å². The van der Waals surface area contributed by atoms with Crippen molar-refractivity contribution in [2.45, 2.75) is 6.92 Å². The zero-order chi connectivity index (χ0) is 23.4. The highest BCUT2D eigenvalue weighted by atomic mass is 16.5. The van der Waals surface area contributed by atoms with Crippen molar-refractivity contribution < 1.29 is 34.1 Å². The van der Waals surface area contributed by atoms with Crippen LogP contribution in [0.2, 0.25) is 0 Å². The van der Waals surface area contributed by atoms with Crippen molar-refractivity contribution in [2.24, 2.45) is 5.73 Å². The van der Waals surface area contributed by atoms with Gasteiger partial charge in [-0.25, -0.2) is 14.4 Å². The van der Waals surface area contributed by atoms with E-state index in [2.05, 4.69) is 23.6 Å². The summed E-state index contributed by atoms with van der Waals surface area (Å²) in [6.45, 7) is 7.98. The Bertz CT molecular complexity index is 743. The third-order valence-corrected chi connectivity index (χ3v) is 2.71. The number of hydrogen-bond donors (Lipinski definition) is 3. The predicted octanol–water partition coefficient (Wildman–Crippen LogP) is 3.53. The number of hydrogen-bond acceptors (Lipinski definition) is 5. The Balaban J connectivity index is 0. The van der Waals surface area contributed by atoms with Gasteiger partial charge in [0.1, 0.15) is 0 Å². The van der Waals surface area contributed by atoms with E-state index in [4.69, 9.17) is 10.2 Å². The molecule has 0 atom stereocenters. The first-order valence-electron chi connectivity index (χ1n) is 8.47. The second-order valence-corrected chi connectivity index (χ2v) is 4.90. The van der Waals surface area contributed by atoms with Crippen molar-refractivity contribution in [3.63, 3.8) is 0 Å². The second kappa shape index (κ2) is 18.2. The summed E-state index contributed by atoms with van der Waals surface area (Å²) in [4.78, 5) is 39.9. The fourth-order valence-corrected chi connectivity index (χ4v) is 1.49. The molecule has 0 spiro atoms. The maximum Gasteiger partial charge on any atom is 0.404 e. The molecule has 160 valence electrons. The molecule has 8 nitrogen and oxygen atoms in total. The van der Waals surface area contributed by atoms with E-state index < -0.39 is 18.0 Å². The number of carboxylic acids is 2. The number of rotatable bonds is 5. The van der Waals surface area contributed by atoms with Crippen LogP contribution in [-0.4, -0.2) is 40.6 Å². The van der Waals surface area contributed by atoms with E-state index in [0.717, 1.165) is 23.3 Å². The van der Waals surface area contributed by atoms with Gasteiger partial charge in [0.25, 0.3) is 0 Å². The Morgan fingerprint density at radius 3 is 1.30 bits per heavy atom. The third kappa shape index (κ3) is 17.2. The van der Waals surface area contributed by atoms with Crippen molar-refractivity contribution in [3.05, 3.63) is 97.1 Å². The minimum atomic E-state index is -0.981. The van der Waals surface area contributed by atoms with E-state index in [9.17, 15) is 19.2 Å². The molecule has 0 aliphatic carbocycles. The van der Waals surface area contributed by atoms with Crippen LogP contribution in [0, 0.1) is 0 Å². The van der Waals surface area contributed by atoms with Gasteiger partial charge >= 0.3 is 18.0 Å². The molecule has 0 aliphatic heterocycles. The van der Waals surface area contributed by atoms with Crippen LogP contribution in [0.1, 0.15) is 22.8 Å². The quantitative estimate of drug-likeness (QED) is 0.500. The molecule has 0 saturated heterocycles. The molecule has 1 amide bonds. The molecular formula is C22H25NO7. The number of amides is 1. The van der Waals surface area contributed by atoms with Crippen LogP contribution < -0.4 is 5.73 Å². The number of aliphatic carboxylic acids is 2. The number of nitrogens with two attached hydrogens (primary N) is 1. The summed E-state index contributed by atoms with van der Waals surface area (Å²) in [6, 6.07) is 18.6. The minimum Gasteiger partial charge on any atom is -0.478 e. The van der Waals surface area contributed by atoms with E-state index in [-0.39, 0.29) is 5.78 Å². The lowest BCUT2D eigenvalue weighted by Crippen LogP contribution is -2.11. The lowest BCUT2D eigenvalue weighted by molar-refractivity contribution is -0.132. The van der Waals surface area contributed by atoms with Crippen LogP contribution >= 0.6 is 0 Å². The number of benzene rings is 2. The molecule has 2 rings (SSSR count). The zero-order valence-electron chi connectivity index (χ0n) is 16.6. The number of carboxylic acid groups (broad SMARTS) is 2. The lowest BCUT2D eigenvalue weighted by Gasteiger charge is -1.99. The highest BCUT2D eigenvalue weighted by molar-refractivity contribution is 6.08. The number of ether oxygens (including phenoxy) is 1. The summed E-state index contributed by atoms with van der Waals surface area (Å²) in [6.07, 6.45) is 0.956. The van der Waals surface area contributed by atoms with E-state index in [1.54, 1.807) is 6.92 Å². The number of carbonyl (C=O) groups is 4. The first-order valence-corrected chi connectivity index (χ1v) is 8.47. The first-order chi connectivity index (χ1) is 14.2. The molecule has 0 aromatic heterocycles. The van der Waals surface area contributed by atoms with Crippen molar-refractivity contribution in [3.8, 4) is 0 Å². The van der Waals surface area contributed by atoms with E-state index in [1.807, 2.05) is 60.7 Å². The Kier molecular flexibility index (Phi) is 17.0. The largest absolute Gasteiger partial charge is 0.478 e. The predicted molar refractivity (Wildman–Crippen MR) is 113 cm³/mol. The van der Waals surface area contributed by atoms with Gasteiger partial charge in [-0.05, 0) is 6.92 Å². The summed E-state index contributed by atoms with van der Waals surface area (Å²) >= 11 is 0. The fourth-order valence-electron chi connectivity index (χ4n) is 1.49.